The molecular weight excluding hydrogens is 228 g/mol. The number of aromatic nitrogens is 2. The molecule has 0 spiro atoms. The fraction of sp³-hybridized carbons (Fsp3) is 0.692. The first-order valence-electron chi connectivity index (χ1n) is 6.59. The maximum absolute atomic E-state index is 12.0. The van der Waals surface area contributed by atoms with Crippen molar-refractivity contribution in [3.63, 3.8) is 0 Å². The predicted octanol–water partition coefficient (Wildman–Crippen LogP) is 0.513. The van der Waals surface area contributed by atoms with Crippen molar-refractivity contribution in [2.24, 2.45) is 5.92 Å². The number of hydrogen-bond acceptors (Lipinski definition) is 3. The van der Waals surface area contributed by atoms with Crippen molar-refractivity contribution in [3.05, 3.63) is 18.2 Å². The van der Waals surface area contributed by atoms with Gasteiger partial charge in [-0.15, -0.1) is 0 Å². The molecule has 0 aromatic carbocycles. The summed E-state index contributed by atoms with van der Waals surface area (Å²) in [6, 6.07) is 0. The summed E-state index contributed by atoms with van der Waals surface area (Å²) in [4.78, 5) is 18.4. The number of rotatable bonds is 5. The lowest BCUT2D eigenvalue weighted by molar-refractivity contribution is -0.125. The van der Waals surface area contributed by atoms with Crippen LogP contribution in [0.2, 0.25) is 0 Å². The van der Waals surface area contributed by atoms with Crippen LogP contribution in [0.25, 0.3) is 0 Å². The van der Waals surface area contributed by atoms with Crippen molar-refractivity contribution >= 4 is 5.91 Å². The van der Waals surface area contributed by atoms with E-state index in [0.717, 1.165) is 44.7 Å². The van der Waals surface area contributed by atoms with Crippen LogP contribution in [0.15, 0.2) is 12.4 Å². The molecule has 1 unspecified atom stereocenters. The van der Waals surface area contributed by atoms with Gasteiger partial charge in [-0.2, -0.15) is 0 Å². The molecule has 1 aliphatic rings. The maximum Gasteiger partial charge on any atom is 0.223 e. The molecule has 0 aliphatic carbocycles. The Balaban J connectivity index is 1.74. The molecule has 1 aromatic rings. The lowest BCUT2D eigenvalue weighted by Crippen LogP contribution is -2.36. The van der Waals surface area contributed by atoms with Gasteiger partial charge in [0.05, 0.1) is 0 Å². The smallest absolute Gasteiger partial charge is 0.223 e. The summed E-state index contributed by atoms with van der Waals surface area (Å²) >= 11 is 0. The molecule has 18 heavy (non-hydrogen) atoms. The Morgan fingerprint density at radius 2 is 2.44 bits per heavy atom. The number of fused-ring (bicyclic) bond motifs is 1. The van der Waals surface area contributed by atoms with Crippen LogP contribution in [0.1, 0.15) is 18.7 Å². The lowest BCUT2D eigenvalue weighted by Gasteiger charge is -2.22. The molecule has 0 radical (unpaired) electrons. The highest BCUT2D eigenvalue weighted by molar-refractivity contribution is 5.78. The summed E-state index contributed by atoms with van der Waals surface area (Å²) in [6.45, 7) is 2.68. The quantitative estimate of drug-likeness (QED) is 0.775. The second-order valence-electron chi connectivity index (χ2n) is 5.17. The number of hydrogen-bond donors (Lipinski definition) is 1. The molecule has 0 fully saturated rings. The SMILES string of the molecule is CN(C)CCCNC(=O)C1CCn2ccnc2C1. The minimum absolute atomic E-state index is 0.0965. The molecular formula is C13H22N4O. The fourth-order valence-electron chi connectivity index (χ4n) is 2.33. The van der Waals surface area contributed by atoms with Gasteiger partial charge in [0.2, 0.25) is 5.91 Å². The fourth-order valence-corrected chi connectivity index (χ4v) is 2.33. The second kappa shape index (κ2) is 6.00. The van der Waals surface area contributed by atoms with Gasteiger partial charge >= 0.3 is 0 Å². The van der Waals surface area contributed by atoms with Crippen LogP contribution < -0.4 is 5.32 Å². The summed E-state index contributed by atoms with van der Waals surface area (Å²) < 4.78 is 2.13. The Morgan fingerprint density at radius 1 is 1.61 bits per heavy atom. The van der Waals surface area contributed by atoms with Gasteiger partial charge in [0.1, 0.15) is 5.82 Å². The molecule has 100 valence electrons. The highest BCUT2D eigenvalue weighted by Gasteiger charge is 2.24. The molecule has 0 saturated carbocycles. The van der Waals surface area contributed by atoms with E-state index in [9.17, 15) is 4.79 Å². The maximum atomic E-state index is 12.0. The molecule has 5 heteroatoms. The first-order valence-corrected chi connectivity index (χ1v) is 6.59. The third-order valence-corrected chi connectivity index (χ3v) is 3.40. The third-order valence-electron chi connectivity index (χ3n) is 3.40. The zero-order valence-corrected chi connectivity index (χ0v) is 11.2. The van der Waals surface area contributed by atoms with E-state index in [1.807, 2.05) is 26.5 Å². The summed E-state index contributed by atoms with van der Waals surface area (Å²) in [6.07, 6.45) is 6.49. The van der Waals surface area contributed by atoms with E-state index in [4.69, 9.17) is 0 Å². The minimum Gasteiger partial charge on any atom is -0.356 e. The zero-order valence-electron chi connectivity index (χ0n) is 11.2. The number of aryl methyl sites for hydroxylation is 1. The van der Waals surface area contributed by atoms with Gasteiger partial charge in [0.15, 0.2) is 0 Å². The molecule has 1 N–H and O–H groups in total. The van der Waals surface area contributed by atoms with E-state index >= 15 is 0 Å². The molecule has 0 saturated heterocycles. The minimum atomic E-state index is 0.0965. The topological polar surface area (TPSA) is 50.2 Å². The summed E-state index contributed by atoms with van der Waals surface area (Å²) in [5.41, 5.74) is 0. The van der Waals surface area contributed by atoms with Crippen molar-refractivity contribution in [2.45, 2.75) is 25.8 Å². The van der Waals surface area contributed by atoms with E-state index in [-0.39, 0.29) is 11.8 Å². The van der Waals surface area contributed by atoms with Crippen molar-refractivity contribution in [1.82, 2.24) is 19.8 Å². The number of nitrogens with zero attached hydrogens (tertiary/aromatic N) is 3. The Kier molecular flexibility index (Phi) is 4.36. The molecule has 0 bridgehead atoms. The molecule has 1 aliphatic heterocycles. The molecule has 2 heterocycles. The Hall–Kier alpha value is -1.36. The van der Waals surface area contributed by atoms with Gasteiger partial charge in [0.25, 0.3) is 0 Å². The van der Waals surface area contributed by atoms with Crippen LogP contribution in [-0.2, 0) is 17.8 Å². The van der Waals surface area contributed by atoms with Gasteiger partial charge in [-0.25, -0.2) is 4.98 Å². The zero-order chi connectivity index (χ0) is 13.0. The summed E-state index contributed by atoms with van der Waals surface area (Å²) in [5.74, 6) is 1.32. The van der Waals surface area contributed by atoms with Crippen molar-refractivity contribution < 1.29 is 4.79 Å². The Morgan fingerprint density at radius 3 is 3.22 bits per heavy atom. The third kappa shape index (κ3) is 3.32. The van der Waals surface area contributed by atoms with Crippen LogP contribution >= 0.6 is 0 Å². The number of imidazole rings is 1. The lowest BCUT2D eigenvalue weighted by atomic mass is 9.97. The number of carbonyl (C=O) groups excluding carboxylic acids is 1. The normalized spacial score (nSPS) is 18.7. The predicted molar refractivity (Wildman–Crippen MR) is 70.2 cm³/mol. The number of amides is 1. The Labute approximate surface area is 108 Å². The van der Waals surface area contributed by atoms with Gasteiger partial charge in [-0.05, 0) is 33.5 Å². The summed E-state index contributed by atoms with van der Waals surface area (Å²) in [7, 11) is 4.09. The number of carbonyl (C=O) groups is 1. The monoisotopic (exact) mass is 250 g/mol. The van der Waals surface area contributed by atoms with Gasteiger partial charge in [0, 0.05) is 37.8 Å². The van der Waals surface area contributed by atoms with Crippen molar-refractivity contribution in [2.75, 3.05) is 27.2 Å². The van der Waals surface area contributed by atoms with Crippen LogP contribution in [0, 0.1) is 5.92 Å². The van der Waals surface area contributed by atoms with Crippen LogP contribution in [0.5, 0.6) is 0 Å². The molecule has 1 aromatic heterocycles. The van der Waals surface area contributed by atoms with Crippen LogP contribution in [0.3, 0.4) is 0 Å². The highest BCUT2D eigenvalue weighted by Crippen LogP contribution is 2.18. The van der Waals surface area contributed by atoms with Crippen LogP contribution in [-0.4, -0.2) is 47.5 Å². The van der Waals surface area contributed by atoms with E-state index in [1.165, 1.54) is 0 Å². The van der Waals surface area contributed by atoms with Crippen molar-refractivity contribution in [1.29, 1.82) is 0 Å². The molecule has 1 atom stereocenters. The van der Waals surface area contributed by atoms with Gasteiger partial charge < -0.3 is 14.8 Å². The first-order chi connectivity index (χ1) is 8.66. The van der Waals surface area contributed by atoms with Gasteiger partial charge in [-0.3, -0.25) is 4.79 Å². The van der Waals surface area contributed by atoms with Gasteiger partial charge in [-0.1, -0.05) is 0 Å². The summed E-state index contributed by atoms with van der Waals surface area (Å²) in [5, 5.41) is 3.03. The van der Waals surface area contributed by atoms with E-state index < -0.39 is 0 Å². The van der Waals surface area contributed by atoms with Crippen molar-refractivity contribution in [3.8, 4) is 0 Å². The largest absolute Gasteiger partial charge is 0.356 e. The second-order valence-corrected chi connectivity index (χ2v) is 5.17. The molecule has 1 amide bonds. The van der Waals surface area contributed by atoms with E-state index in [2.05, 4.69) is 19.8 Å². The molecule has 5 nitrogen and oxygen atoms in total. The standard InChI is InChI=1S/C13H22N4O/c1-16(2)7-3-5-15-13(18)11-4-8-17-9-6-14-12(17)10-11/h6,9,11H,3-5,7-8,10H2,1-2H3,(H,15,18). The highest BCUT2D eigenvalue weighted by atomic mass is 16.1. The molecule has 2 rings (SSSR count). The average Bonchev–Trinajstić information content (AvgIpc) is 2.81. The van der Waals surface area contributed by atoms with E-state index in [1.54, 1.807) is 0 Å². The first kappa shape index (κ1) is 13.1. The number of nitrogens with one attached hydrogen (secondary N) is 1. The van der Waals surface area contributed by atoms with E-state index in [0.29, 0.717) is 0 Å². The van der Waals surface area contributed by atoms with Crippen LogP contribution in [0.4, 0.5) is 0 Å². The average molecular weight is 250 g/mol. The Bertz CT molecular complexity index is 399.